The Labute approximate surface area is 125 Å². The van der Waals surface area contributed by atoms with Crippen LogP contribution >= 0.6 is 0 Å². The summed E-state index contributed by atoms with van der Waals surface area (Å²) in [6.07, 6.45) is 1.35. The highest BCUT2D eigenvalue weighted by atomic mass is 16.5. The van der Waals surface area contributed by atoms with Gasteiger partial charge in [-0.2, -0.15) is 5.26 Å². The van der Waals surface area contributed by atoms with Crippen LogP contribution < -0.4 is 10.6 Å². The molecule has 7 nitrogen and oxygen atoms in total. The predicted octanol–water partition coefficient (Wildman–Crippen LogP) is -0.797. The number of amides is 1. The van der Waals surface area contributed by atoms with Crippen molar-refractivity contribution >= 4 is 5.91 Å². The monoisotopic (exact) mass is 296 g/mol. The molecule has 0 aromatic heterocycles. The lowest BCUT2D eigenvalue weighted by Gasteiger charge is -2.26. The van der Waals surface area contributed by atoms with Crippen LogP contribution in [0.4, 0.5) is 0 Å². The van der Waals surface area contributed by atoms with Gasteiger partial charge in [-0.05, 0) is 13.8 Å². The third kappa shape index (κ3) is 6.58. The Kier molecular flexibility index (Phi) is 7.15. The smallest absolute Gasteiger partial charge is 0.263 e. The van der Waals surface area contributed by atoms with Gasteiger partial charge in [0.2, 0.25) is 0 Å². The molecule has 0 saturated carbocycles. The molecule has 0 aliphatic carbocycles. The van der Waals surface area contributed by atoms with E-state index in [1.54, 1.807) is 13.8 Å². The Balaban J connectivity index is 2.37. The summed E-state index contributed by atoms with van der Waals surface area (Å²) in [4.78, 5) is 14.1. The first-order chi connectivity index (χ1) is 9.98. The Bertz CT molecular complexity index is 409. The van der Waals surface area contributed by atoms with Gasteiger partial charge in [-0.25, -0.2) is 0 Å². The summed E-state index contributed by atoms with van der Waals surface area (Å²) in [7, 11) is 0. The molecule has 3 N–H and O–H groups in total. The van der Waals surface area contributed by atoms with Gasteiger partial charge in [-0.15, -0.1) is 0 Å². The van der Waals surface area contributed by atoms with Crippen LogP contribution in [0.3, 0.4) is 0 Å². The van der Waals surface area contributed by atoms with Crippen molar-refractivity contribution in [2.24, 2.45) is 0 Å². The number of morpholine rings is 1. The summed E-state index contributed by atoms with van der Waals surface area (Å²) in [5.74, 6) is -0.410. The van der Waals surface area contributed by atoms with Gasteiger partial charge in [0, 0.05) is 32.4 Å². The molecule has 0 aromatic rings. The number of carbonyl (C=O) groups is 1. The Hall–Kier alpha value is -1.62. The maximum absolute atomic E-state index is 11.9. The van der Waals surface area contributed by atoms with Gasteiger partial charge in [0.1, 0.15) is 11.6 Å². The molecule has 1 aliphatic heterocycles. The molecular formula is C14H24N4O3. The molecular weight excluding hydrogens is 272 g/mol. The van der Waals surface area contributed by atoms with E-state index in [9.17, 15) is 4.79 Å². The topological polar surface area (TPSA) is 97.6 Å². The predicted molar refractivity (Wildman–Crippen MR) is 78.3 cm³/mol. The number of aliphatic hydroxyl groups excluding tert-OH is 1. The maximum atomic E-state index is 11.9. The standard InChI is InChI=1S/C14H24N4O3/c1-14(2,11-19)17-10-12(9-15)13(20)16-3-4-18-5-7-21-8-6-18/h10,17,19H,3-8,11H2,1-2H3,(H,16,20)/b12-10-. The number of carbonyl (C=O) groups excluding carboxylic acids is 1. The summed E-state index contributed by atoms with van der Waals surface area (Å²) in [6, 6.07) is 1.86. The zero-order valence-corrected chi connectivity index (χ0v) is 12.7. The molecule has 0 bridgehead atoms. The van der Waals surface area contributed by atoms with Crippen molar-refractivity contribution in [1.82, 2.24) is 15.5 Å². The Morgan fingerprint density at radius 3 is 2.71 bits per heavy atom. The van der Waals surface area contributed by atoms with Gasteiger partial charge >= 0.3 is 0 Å². The normalized spacial score (nSPS) is 17.1. The van der Waals surface area contributed by atoms with E-state index >= 15 is 0 Å². The van der Waals surface area contributed by atoms with Gasteiger partial charge in [-0.1, -0.05) is 0 Å². The third-order valence-corrected chi connectivity index (χ3v) is 3.18. The van der Waals surface area contributed by atoms with Crippen LogP contribution in [-0.4, -0.2) is 67.5 Å². The zero-order chi connectivity index (χ0) is 15.7. The van der Waals surface area contributed by atoms with E-state index in [1.807, 2.05) is 6.07 Å². The van der Waals surface area contributed by atoms with Crippen molar-refractivity contribution in [3.63, 3.8) is 0 Å². The molecule has 21 heavy (non-hydrogen) atoms. The number of hydrogen-bond acceptors (Lipinski definition) is 6. The Morgan fingerprint density at radius 2 is 2.14 bits per heavy atom. The first kappa shape index (κ1) is 17.4. The lowest BCUT2D eigenvalue weighted by atomic mass is 10.1. The molecule has 0 atom stereocenters. The molecule has 1 saturated heterocycles. The highest BCUT2D eigenvalue weighted by Crippen LogP contribution is 2.01. The highest BCUT2D eigenvalue weighted by Gasteiger charge is 2.16. The molecule has 1 heterocycles. The first-order valence-corrected chi connectivity index (χ1v) is 7.05. The fraction of sp³-hybridized carbons (Fsp3) is 0.714. The third-order valence-electron chi connectivity index (χ3n) is 3.18. The summed E-state index contributed by atoms with van der Waals surface area (Å²) in [6.45, 7) is 7.84. The van der Waals surface area contributed by atoms with Crippen molar-refractivity contribution < 1.29 is 14.6 Å². The van der Waals surface area contributed by atoms with Gasteiger partial charge in [0.25, 0.3) is 5.91 Å². The van der Waals surface area contributed by atoms with Crippen LogP contribution in [0.15, 0.2) is 11.8 Å². The maximum Gasteiger partial charge on any atom is 0.263 e. The van der Waals surface area contributed by atoms with Crippen LogP contribution in [0, 0.1) is 11.3 Å². The van der Waals surface area contributed by atoms with Crippen LogP contribution in [0.2, 0.25) is 0 Å². The number of hydrogen-bond donors (Lipinski definition) is 3. The average molecular weight is 296 g/mol. The summed E-state index contributed by atoms with van der Waals surface area (Å²) in [5, 5.41) is 23.7. The summed E-state index contributed by atoms with van der Waals surface area (Å²) in [5.41, 5.74) is -0.575. The van der Waals surface area contributed by atoms with E-state index in [1.165, 1.54) is 6.20 Å². The van der Waals surface area contributed by atoms with Gasteiger partial charge < -0.3 is 20.5 Å². The number of nitriles is 1. The minimum Gasteiger partial charge on any atom is -0.394 e. The Morgan fingerprint density at radius 1 is 1.48 bits per heavy atom. The number of rotatable bonds is 7. The average Bonchev–Trinajstić information content (AvgIpc) is 2.49. The highest BCUT2D eigenvalue weighted by molar-refractivity contribution is 5.97. The number of ether oxygens (including phenoxy) is 1. The summed E-state index contributed by atoms with van der Waals surface area (Å²) < 4.78 is 5.25. The molecule has 0 unspecified atom stereocenters. The van der Waals surface area contributed by atoms with E-state index in [4.69, 9.17) is 15.1 Å². The zero-order valence-electron chi connectivity index (χ0n) is 12.7. The van der Waals surface area contributed by atoms with Crippen LogP contribution in [-0.2, 0) is 9.53 Å². The van der Waals surface area contributed by atoms with E-state index in [0.717, 1.165) is 32.8 Å². The lowest BCUT2D eigenvalue weighted by molar-refractivity contribution is -0.117. The fourth-order valence-electron chi connectivity index (χ4n) is 1.71. The quantitative estimate of drug-likeness (QED) is 0.420. The second kappa shape index (κ2) is 8.62. The number of nitrogens with zero attached hydrogens (tertiary/aromatic N) is 2. The van der Waals surface area contributed by atoms with Crippen molar-refractivity contribution in [2.45, 2.75) is 19.4 Å². The van der Waals surface area contributed by atoms with Crippen molar-refractivity contribution in [3.8, 4) is 6.07 Å². The molecule has 118 valence electrons. The lowest BCUT2D eigenvalue weighted by Crippen LogP contribution is -2.42. The van der Waals surface area contributed by atoms with Gasteiger partial charge in [0.15, 0.2) is 0 Å². The molecule has 0 aromatic carbocycles. The second-order valence-electron chi connectivity index (χ2n) is 5.57. The fourth-order valence-corrected chi connectivity index (χ4v) is 1.71. The SMILES string of the molecule is CC(C)(CO)N/C=C(/C#N)C(=O)NCCN1CCOCC1. The van der Waals surface area contributed by atoms with Gasteiger partial charge in [0.05, 0.1) is 25.4 Å². The van der Waals surface area contributed by atoms with Crippen molar-refractivity contribution in [1.29, 1.82) is 5.26 Å². The second-order valence-corrected chi connectivity index (χ2v) is 5.57. The molecule has 0 radical (unpaired) electrons. The number of aliphatic hydroxyl groups is 1. The van der Waals surface area contributed by atoms with E-state index in [2.05, 4.69) is 15.5 Å². The molecule has 0 spiro atoms. The number of nitrogens with one attached hydrogen (secondary N) is 2. The molecule has 1 rings (SSSR count). The van der Waals surface area contributed by atoms with Crippen molar-refractivity contribution in [3.05, 3.63) is 11.8 Å². The summed E-state index contributed by atoms with van der Waals surface area (Å²) >= 11 is 0. The molecule has 1 aliphatic rings. The minimum atomic E-state index is -0.573. The van der Waals surface area contributed by atoms with Crippen LogP contribution in [0.1, 0.15) is 13.8 Å². The van der Waals surface area contributed by atoms with Crippen LogP contribution in [0.5, 0.6) is 0 Å². The van der Waals surface area contributed by atoms with Crippen molar-refractivity contribution in [2.75, 3.05) is 46.0 Å². The van der Waals surface area contributed by atoms with Crippen LogP contribution in [0.25, 0.3) is 0 Å². The van der Waals surface area contributed by atoms with Gasteiger partial charge in [-0.3, -0.25) is 9.69 Å². The van der Waals surface area contributed by atoms with E-state index in [-0.39, 0.29) is 12.2 Å². The minimum absolute atomic E-state index is 0.00139. The van der Waals surface area contributed by atoms with E-state index < -0.39 is 11.4 Å². The molecule has 7 heteroatoms. The first-order valence-electron chi connectivity index (χ1n) is 7.05. The largest absolute Gasteiger partial charge is 0.394 e. The van der Waals surface area contributed by atoms with E-state index in [0.29, 0.717) is 6.54 Å². The molecule has 1 fully saturated rings. The molecule has 1 amide bonds.